The zero-order valence-corrected chi connectivity index (χ0v) is 20.6. The maximum atomic E-state index is 12.1. The molecule has 0 amide bonds. The summed E-state index contributed by atoms with van der Waals surface area (Å²) in [6.45, 7) is 4.18. The lowest BCUT2D eigenvalue weighted by molar-refractivity contribution is 0.0600. The Morgan fingerprint density at radius 2 is 1.71 bits per heavy atom. The first-order chi connectivity index (χ1) is 17.0. The molecule has 1 fully saturated rings. The lowest BCUT2D eigenvalue weighted by atomic mass is 9.96. The molecule has 35 heavy (non-hydrogen) atoms. The lowest BCUT2D eigenvalue weighted by Gasteiger charge is -2.28. The van der Waals surface area contributed by atoms with Crippen molar-refractivity contribution in [3.05, 3.63) is 113 Å². The number of pyridine rings is 1. The highest BCUT2D eigenvalue weighted by atomic mass is 32.1. The first kappa shape index (κ1) is 22.8. The molecule has 1 aliphatic heterocycles. The Morgan fingerprint density at radius 3 is 2.43 bits per heavy atom. The van der Waals surface area contributed by atoms with Crippen molar-refractivity contribution in [1.29, 1.82) is 0 Å². The third kappa shape index (κ3) is 4.08. The van der Waals surface area contributed by atoms with Crippen LogP contribution in [0.3, 0.4) is 0 Å². The number of methoxy groups -OCH3 is 1. The van der Waals surface area contributed by atoms with E-state index in [9.17, 15) is 4.79 Å². The van der Waals surface area contributed by atoms with Gasteiger partial charge in [0.1, 0.15) is 0 Å². The second-order valence-corrected chi connectivity index (χ2v) is 8.92. The number of aromatic nitrogens is 2. The van der Waals surface area contributed by atoms with E-state index in [1.165, 1.54) is 7.11 Å². The fourth-order valence-corrected chi connectivity index (χ4v) is 5.26. The van der Waals surface area contributed by atoms with Crippen molar-refractivity contribution in [2.45, 2.75) is 25.9 Å². The third-order valence-corrected chi connectivity index (χ3v) is 6.76. The van der Waals surface area contributed by atoms with Gasteiger partial charge in [-0.2, -0.15) is 0 Å². The molecule has 2 aromatic carbocycles. The van der Waals surface area contributed by atoms with E-state index < -0.39 is 0 Å². The lowest BCUT2D eigenvalue weighted by Crippen LogP contribution is -2.29. The van der Waals surface area contributed by atoms with Gasteiger partial charge in [0.05, 0.1) is 30.5 Å². The summed E-state index contributed by atoms with van der Waals surface area (Å²) in [5, 5.41) is 4.18. The molecule has 176 valence electrons. The summed E-state index contributed by atoms with van der Waals surface area (Å²) >= 11 is 5.84. The van der Waals surface area contributed by atoms with Crippen LogP contribution in [0.15, 0.2) is 85.1 Å². The van der Waals surface area contributed by atoms with Gasteiger partial charge in [0.2, 0.25) is 0 Å². The van der Waals surface area contributed by atoms with Gasteiger partial charge in [0.15, 0.2) is 5.11 Å². The molecular weight excluding hydrogens is 456 g/mol. The molecule has 5 rings (SSSR count). The summed E-state index contributed by atoms with van der Waals surface area (Å²) < 4.78 is 7.10. The molecule has 3 heterocycles. The Bertz CT molecular complexity index is 1380. The van der Waals surface area contributed by atoms with Crippen molar-refractivity contribution in [2.75, 3.05) is 12.0 Å². The highest BCUT2D eigenvalue weighted by Gasteiger charge is 2.42. The number of para-hydroxylation sites is 1. The number of benzene rings is 2. The minimum atomic E-state index is -0.356. The largest absolute Gasteiger partial charge is 0.465 e. The van der Waals surface area contributed by atoms with Crippen LogP contribution in [0, 0.1) is 13.8 Å². The SMILES string of the molecule is COC(=O)c1cccc(-n2c(C)cc([C@H]3[C@H](c4ccccn4)NC(=S)N3c3ccccc3)c2C)c1. The van der Waals surface area contributed by atoms with E-state index in [4.69, 9.17) is 17.0 Å². The molecule has 1 saturated heterocycles. The van der Waals surface area contributed by atoms with Crippen LogP contribution in [0.25, 0.3) is 5.69 Å². The monoisotopic (exact) mass is 482 g/mol. The molecule has 0 unspecified atom stereocenters. The number of aryl methyl sites for hydroxylation is 1. The summed E-state index contributed by atoms with van der Waals surface area (Å²) in [7, 11) is 1.39. The second-order valence-electron chi connectivity index (χ2n) is 8.54. The normalized spacial score (nSPS) is 17.3. The molecule has 0 bridgehead atoms. The number of esters is 1. The summed E-state index contributed by atoms with van der Waals surface area (Å²) in [6.07, 6.45) is 1.81. The number of nitrogens with one attached hydrogen (secondary N) is 1. The standard InChI is InChI=1S/C28H26N4O2S/c1-18-16-23(19(2)31(18)22-13-9-10-20(17-22)27(33)34-3)26-25(24-14-7-8-15-29-24)30-28(35)32(26)21-11-5-4-6-12-21/h4-17,25-26H,1-3H3,(H,30,35)/t25-,26-/m0/s1. The van der Waals surface area contributed by atoms with Gasteiger partial charge in [-0.1, -0.05) is 30.3 Å². The number of thiocarbonyl (C=S) groups is 1. The van der Waals surface area contributed by atoms with Gasteiger partial charge in [0.25, 0.3) is 0 Å². The predicted molar refractivity (Wildman–Crippen MR) is 141 cm³/mol. The van der Waals surface area contributed by atoms with Crippen LogP contribution >= 0.6 is 12.2 Å². The zero-order chi connectivity index (χ0) is 24.5. The Balaban J connectivity index is 1.66. The van der Waals surface area contributed by atoms with Crippen molar-refractivity contribution < 1.29 is 9.53 Å². The van der Waals surface area contributed by atoms with Crippen LogP contribution in [0.4, 0.5) is 5.69 Å². The summed E-state index contributed by atoms with van der Waals surface area (Å²) in [6, 6.07) is 25.6. The van der Waals surface area contributed by atoms with Gasteiger partial charge < -0.3 is 19.5 Å². The van der Waals surface area contributed by atoms with Crippen LogP contribution in [0.5, 0.6) is 0 Å². The minimum Gasteiger partial charge on any atom is -0.465 e. The minimum absolute atomic E-state index is 0.108. The number of carbonyl (C=O) groups is 1. The fourth-order valence-electron chi connectivity index (χ4n) is 4.91. The van der Waals surface area contributed by atoms with Crippen molar-refractivity contribution in [3.8, 4) is 5.69 Å². The maximum Gasteiger partial charge on any atom is 0.337 e. The van der Waals surface area contributed by atoms with Gasteiger partial charge in [-0.05, 0) is 80.2 Å². The van der Waals surface area contributed by atoms with Gasteiger partial charge in [-0.3, -0.25) is 4.98 Å². The average molecular weight is 483 g/mol. The molecule has 1 aliphatic rings. The van der Waals surface area contributed by atoms with Crippen molar-refractivity contribution >= 4 is 29.0 Å². The number of rotatable bonds is 5. The summed E-state index contributed by atoms with van der Waals surface area (Å²) in [5.74, 6) is -0.356. The van der Waals surface area contributed by atoms with E-state index in [-0.39, 0.29) is 18.1 Å². The molecule has 0 saturated carbocycles. The molecule has 6 nitrogen and oxygen atoms in total. The number of ether oxygens (including phenoxy) is 1. The topological polar surface area (TPSA) is 59.4 Å². The third-order valence-electron chi connectivity index (χ3n) is 6.45. The number of hydrogen-bond donors (Lipinski definition) is 1. The van der Waals surface area contributed by atoms with E-state index in [1.807, 2.05) is 60.8 Å². The van der Waals surface area contributed by atoms with E-state index in [0.29, 0.717) is 10.7 Å². The van der Waals surface area contributed by atoms with Crippen molar-refractivity contribution in [3.63, 3.8) is 0 Å². The quantitative estimate of drug-likeness (QED) is 0.301. The molecular formula is C28H26N4O2S. The first-order valence-electron chi connectivity index (χ1n) is 11.4. The van der Waals surface area contributed by atoms with Gasteiger partial charge >= 0.3 is 5.97 Å². The molecule has 1 N–H and O–H groups in total. The molecule has 7 heteroatoms. The highest BCUT2D eigenvalue weighted by Crippen LogP contribution is 2.43. The van der Waals surface area contributed by atoms with Crippen LogP contribution in [0.1, 0.15) is 45.1 Å². The van der Waals surface area contributed by atoms with Crippen molar-refractivity contribution in [1.82, 2.24) is 14.9 Å². The first-order valence-corrected chi connectivity index (χ1v) is 11.8. The Hall–Kier alpha value is -3.97. The van der Waals surface area contributed by atoms with Gasteiger partial charge in [-0.25, -0.2) is 4.79 Å². The zero-order valence-electron chi connectivity index (χ0n) is 19.8. The van der Waals surface area contributed by atoms with E-state index >= 15 is 0 Å². The maximum absolute atomic E-state index is 12.1. The number of hydrogen-bond acceptors (Lipinski definition) is 4. The van der Waals surface area contributed by atoms with Crippen molar-refractivity contribution in [2.24, 2.45) is 0 Å². The van der Waals surface area contributed by atoms with E-state index in [2.05, 4.69) is 51.8 Å². The van der Waals surface area contributed by atoms with E-state index in [0.717, 1.165) is 34.0 Å². The summed E-state index contributed by atoms with van der Waals surface area (Å²) in [5.41, 5.74) is 6.64. The summed E-state index contributed by atoms with van der Waals surface area (Å²) in [4.78, 5) is 19.0. The van der Waals surface area contributed by atoms with Gasteiger partial charge in [0, 0.05) is 29.0 Å². The smallest absolute Gasteiger partial charge is 0.337 e. The van der Waals surface area contributed by atoms with Crippen LogP contribution < -0.4 is 10.2 Å². The Labute approximate surface area is 210 Å². The average Bonchev–Trinajstić information content (AvgIpc) is 3.39. The molecule has 0 aliphatic carbocycles. The second kappa shape index (κ2) is 9.35. The number of carbonyl (C=O) groups excluding carboxylic acids is 1. The molecule has 0 spiro atoms. The molecule has 0 radical (unpaired) electrons. The highest BCUT2D eigenvalue weighted by molar-refractivity contribution is 7.80. The predicted octanol–water partition coefficient (Wildman–Crippen LogP) is 5.45. The van der Waals surface area contributed by atoms with E-state index in [1.54, 1.807) is 6.07 Å². The number of nitrogens with zero attached hydrogens (tertiary/aromatic N) is 3. The molecule has 2 atom stereocenters. The number of anilines is 1. The van der Waals surface area contributed by atoms with Crippen LogP contribution in [-0.4, -0.2) is 27.7 Å². The Kier molecular flexibility index (Phi) is 6.09. The van der Waals surface area contributed by atoms with Crippen LogP contribution in [-0.2, 0) is 4.74 Å². The van der Waals surface area contributed by atoms with Crippen LogP contribution in [0.2, 0.25) is 0 Å². The fraction of sp³-hybridized carbons (Fsp3) is 0.179. The molecule has 4 aromatic rings. The molecule has 2 aromatic heterocycles. The van der Waals surface area contributed by atoms with Gasteiger partial charge in [-0.15, -0.1) is 0 Å². The Morgan fingerprint density at radius 1 is 0.971 bits per heavy atom.